The van der Waals surface area contributed by atoms with Gasteiger partial charge >= 0.3 is 0 Å². The molecule has 0 spiro atoms. The second kappa shape index (κ2) is 4.08. The Bertz CT molecular complexity index is 718. The number of hydrogen-bond acceptors (Lipinski definition) is 5. The summed E-state index contributed by atoms with van der Waals surface area (Å²) < 4.78 is 5.45. The zero-order valence-corrected chi connectivity index (χ0v) is 10.7. The maximum absolute atomic E-state index is 11.7. The standard InChI is InChI=1S/C13H14N4O2/c1-13(2)6-19-12(17-13)16-8-3-4-10-9(5-8)11(18)15-7-14-10/h3-5,7H,6H2,1-2H3,(H,16,17)(H,14,15,18). The third-order valence-corrected chi connectivity index (χ3v) is 2.86. The van der Waals surface area contributed by atoms with Gasteiger partial charge in [-0.15, -0.1) is 0 Å². The fourth-order valence-electron chi connectivity index (χ4n) is 1.92. The molecular weight excluding hydrogens is 244 g/mol. The van der Waals surface area contributed by atoms with E-state index in [1.165, 1.54) is 6.33 Å². The molecule has 0 aliphatic carbocycles. The molecule has 6 nitrogen and oxygen atoms in total. The number of ether oxygens (including phenoxy) is 1. The van der Waals surface area contributed by atoms with Crippen LogP contribution in [-0.2, 0) is 4.74 Å². The van der Waals surface area contributed by atoms with E-state index in [-0.39, 0.29) is 11.1 Å². The molecule has 0 atom stereocenters. The van der Waals surface area contributed by atoms with Crippen LogP contribution in [0.15, 0.2) is 34.3 Å². The summed E-state index contributed by atoms with van der Waals surface area (Å²) >= 11 is 0. The van der Waals surface area contributed by atoms with E-state index in [9.17, 15) is 4.79 Å². The molecule has 0 bridgehead atoms. The van der Waals surface area contributed by atoms with Crippen molar-refractivity contribution in [3.8, 4) is 0 Å². The molecule has 2 N–H and O–H groups in total. The Kier molecular flexibility index (Phi) is 2.51. The van der Waals surface area contributed by atoms with Crippen molar-refractivity contribution in [2.45, 2.75) is 19.4 Å². The number of aromatic amines is 1. The maximum Gasteiger partial charge on any atom is 0.289 e. The second-order valence-corrected chi connectivity index (χ2v) is 5.11. The van der Waals surface area contributed by atoms with E-state index >= 15 is 0 Å². The van der Waals surface area contributed by atoms with Crippen LogP contribution in [-0.4, -0.2) is 28.1 Å². The van der Waals surface area contributed by atoms with Crippen molar-refractivity contribution in [1.82, 2.24) is 9.97 Å². The number of anilines is 1. The van der Waals surface area contributed by atoms with Crippen molar-refractivity contribution in [3.63, 3.8) is 0 Å². The average Bonchev–Trinajstić information content (AvgIpc) is 2.70. The van der Waals surface area contributed by atoms with Gasteiger partial charge in [-0.3, -0.25) is 4.79 Å². The van der Waals surface area contributed by atoms with Gasteiger partial charge in [-0.2, -0.15) is 0 Å². The Balaban J connectivity index is 1.95. The summed E-state index contributed by atoms with van der Waals surface area (Å²) in [5.41, 5.74) is 1.03. The molecule has 0 unspecified atom stereocenters. The Hall–Kier alpha value is -2.37. The summed E-state index contributed by atoms with van der Waals surface area (Å²) in [6.07, 6.45) is 1.39. The van der Waals surface area contributed by atoms with Crippen LogP contribution >= 0.6 is 0 Å². The number of benzene rings is 1. The zero-order chi connectivity index (χ0) is 13.5. The summed E-state index contributed by atoms with van der Waals surface area (Å²) in [5.74, 6) is 0. The van der Waals surface area contributed by atoms with Crippen LogP contribution in [0.3, 0.4) is 0 Å². The first-order valence-electron chi connectivity index (χ1n) is 6.01. The van der Waals surface area contributed by atoms with E-state index in [0.29, 0.717) is 23.5 Å². The molecule has 0 amide bonds. The highest BCUT2D eigenvalue weighted by atomic mass is 16.5. The number of fused-ring (bicyclic) bond motifs is 1. The third kappa shape index (κ3) is 2.29. The highest BCUT2D eigenvalue weighted by molar-refractivity contribution is 5.93. The first-order chi connectivity index (χ1) is 9.03. The van der Waals surface area contributed by atoms with Gasteiger partial charge < -0.3 is 15.0 Å². The molecule has 2 heterocycles. The average molecular weight is 258 g/mol. The third-order valence-electron chi connectivity index (χ3n) is 2.86. The van der Waals surface area contributed by atoms with Crippen LogP contribution < -0.4 is 10.9 Å². The molecule has 19 heavy (non-hydrogen) atoms. The number of aliphatic imine (C=N–C) groups is 1. The van der Waals surface area contributed by atoms with Crippen LogP contribution in [0.1, 0.15) is 13.8 Å². The Morgan fingerprint density at radius 1 is 1.42 bits per heavy atom. The highest BCUT2D eigenvalue weighted by Crippen LogP contribution is 2.19. The van der Waals surface area contributed by atoms with Crippen LogP contribution in [0.5, 0.6) is 0 Å². The first-order valence-corrected chi connectivity index (χ1v) is 6.01. The normalized spacial score (nSPS) is 17.1. The van der Waals surface area contributed by atoms with Gasteiger partial charge in [0.1, 0.15) is 6.61 Å². The molecule has 0 fully saturated rings. The predicted octanol–water partition coefficient (Wildman–Crippen LogP) is 1.50. The number of amidine groups is 1. The lowest BCUT2D eigenvalue weighted by molar-refractivity contribution is 0.278. The molecule has 0 saturated heterocycles. The number of aromatic nitrogens is 2. The van der Waals surface area contributed by atoms with Gasteiger partial charge in [0.15, 0.2) is 0 Å². The molecule has 1 aliphatic rings. The van der Waals surface area contributed by atoms with Crippen molar-refractivity contribution in [3.05, 3.63) is 34.9 Å². The van der Waals surface area contributed by atoms with Crippen molar-refractivity contribution >= 4 is 22.6 Å². The van der Waals surface area contributed by atoms with E-state index in [4.69, 9.17) is 4.74 Å². The SMILES string of the molecule is CC1(C)COC(Nc2ccc3nc[nH]c(=O)c3c2)=N1. The number of nitrogens with one attached hydrogen (secondary N) is 2. The van der Waals surface area contributed by atoms with Crippen molar-refractivity contribution < 1.29 is 4.74 Å². The van der Waals surface area contributed by atoms with Gasteiger partial charge in [-0.25, -0.2) is 9.98 Å². The van der Waals surface area contributed by atoms with Crippen LogP contribution in [0.25, 0.3) is 10.9 Å². The summed E-state index contributed by atoms with van der Waals surface area (Å²) in [6.45, 7) is 4.54. The molecule has 2 aromatic rings. The van der Waals surface area contributed by atoms with Gasteiger partial charge in [-0.1, -0.05) is 0 Å². The van der Waals surface area contributed by atoms with Gasteiger partial charge in [-0.05, 0) is 32.0 Å². The largest absolute Gasteiger partial charge is 0.462 e. The quantitative estimate of drug-likeness (QED) is 0.812. The van der Waals surface area contributed by atoms with Crippen LogP contribution in [0.2, 0.25) is 0 Å². The summed E-state index contributed by atoms with van der Waals surface area (Å²) in [4.78, 5) is 22.7. The monoisotopic (exact) mass is 258 g/mol. The second-order valence-electron chi connectivity index (χ2n) is 5.11. The number of H-pyrrole nitrogens is 1. The minimum Gasteiger partial charge on any atom is -0.462 e. The number of hydrogen-bond donors (Lipinski definition) is 2. The molecule has 1 aromatic carbocycles. The molecule has 0 saturated carbocycles. The van der Waals surface area contributed by atoms with E-state index < -0.39 is 0 Å². The minimum atomic E-state index is -0.210. The lowest BCUT2D eigenvalue weighted by Gasteiger charge is -2.07. The topological polar surface area (TPSA) is 79.4 Å². The first kappa shape index (κ1) is 11.7. The fourth-order valence-corrected chi connectivity index (χ4v) is 1.92. The Morgan fingerprint density at radius 2 is 2.26 bits per heavy atom. The molecular formula is C13H14N4O2. The van der Waals surface area contributed by atoms with E-state index in [1.807, 2.05) is 19.9 Å². The summed E-state index contributed by atoms with van der Waals surface area (Å²) in [5, 5.41) is 3.60. The predicted molar refractivity (Wildman–Crippen MR) is 73.5 cm³/mol. The molecule has 0 radical (unpaired) electrons. The highest BCUT2D eigenvalue weighted by Gasteiger charge is 2.26. The van der Waals surface area contributed by atoms with Crippen molar-refractivity contribution in [2.24, 2.45) is 4.99 Å². The molecule has 1 aliphatic heterocycles. The molecule has 98 valence electrons. The summed E-state index contributed by atoms with van der Waals surface area (Å²) in [7, 11) is 0. The maximum atomic E-state index is 11.7. The van der Waals surface area contributed by atoms with Gasteiger partial charge in [0.05, 0.1) is 22.8 Å². The minimum absolute atomic E-state index is 0.164. The molecule has 3 rings (SSSR count). The smallest absolute Gasteiger partial charge is 0.289 e. The van der Waals surface area contributed by atoms with E-state index in [0.717, 1.165) is 5.69 Å². The zero-order valence-electron chi connectivity index (χ0n) is 10.7. The van der Waals surface area contributed by atoms with Crippen LogP contribution in [0, 0.1) is 0 Å². The van der Waals surface area contributed by atoms with Gasteiger partial charge in [0.25, 0.3) is 11.6 Å². The Morgan fingerprint density at radius 3 is 3.00 bits per heavy atom. The number of nitrogens with zero attached hydrogens (tertiary/aromatic N) is 2. The fraction of sp³-hybridized carbons (Fsp3) is 0.308. The van der Waals surface area contributed by atoms with Crippen molar-refractivity contribution in [2.75, 3.05) is 11.9 Å². The van der Waals surface area contributed by atoms with Gasteiger partial charge in [0.2, 0.25) is 0 Å². The Labute approximate surface area is 109 Å². The molecule has 6 heteroatoms. The van der Waals surface area contributed by atoms with Crippen molar-refractivity contribution in [1.29, 1.82) is 0 Å². The number of rotatable bonds is 1. The van der Waals surface area contributed by atoms with Crippen LogP contribution in [0.4, 0.5) is 5.69 Å². The lowest BCUT2D eigenvalue weighted by atomic mass is 10.1. The molecule has 1 aromatic heterocycles. The lowest BCUT2D eigenvalue weighted by Crippen LogP contribution is -2.17. The van der Waals surface area contributed by atoms with Gasteiger partial charge in [0, 0.05) is 5.69 Å². The van der Waals surface area contributed by atoms with E-state index in [1.54, 1.807) is 12.1 Å². The summed E-state index contributed by atoms with van der Waals surface area (Å²) in [6, 6.07) is 5.84. The van der Waals surface area contributed by atoms with E-state index in [2.05, 4.69) is 20.3 Å².